The van der Waals surface area contributed by atoms with E-state index in [9.17, 15) is 9.18 Å². The Morgan fingerprint density at radius 1 is 1.17 bits per heavy atom. The minimum absolute atomic E-state index is 0.0755. The van der Waals surface area contributed by atoms with E-state index in [0.717, 1.165) is 16.6 Å². The smallest absolute Gasteiger partial charge is 0.240 e. The van der Waals surface area contributed by atoms with Gasteiger partial charge in [0.1, 0.15) is 18.2 Å². The minimum Gasteiger partial charge on any atom is -0.352 e. The van der Waals surface area contributed by atoms with Crippen LogP contribution in [0.25, 0.3) is 22.4 Å². The SMILES string of the molecule is CC(C)NC(=O)Cn1c(-c2ccc(F)cc2)nc2ccccc21. The van der Waals surface area contributed by atoms with Gasteiger partial charge in [0.2, 0.25) is 5.91 Å². The Hall–Kier alpha value is -2.69. The molecule has 0 aliphatic heterocycles. The van der Waals surface area contributed by atoms with Crippen molar-refractivity contribution in [2.75, 3.05) is 0 Å². The van der Waals surface area contributed by atoms with Gasteiger partial charge in [0.15, 0.2) is 0 Å². The van der Waals surface area contributed by atoms with Crippen LogP contribution in [-0.4, -0.2) is 21.5 Å². The minimum atomic E-state index is -0.297. The first kappa shape index (κ1) is 15.2. The Morgan fingerprint density at radius 2 is 1.87 bits per heavy atom. The molecule has 23 heavy (non-hydrogen) atoms. The fraction of sp³-hybridized carbons (Fsp3) is 0.222. The highest BCUT2D eigenvalue weighted by Gasteiger charge is 2.15. The number of hydrogen-bond donors (Lipinski definition) is 1. The molecule has 4 nitrogen and oxygen atoms in total. The molecule has 0 saturated carbocycles. The highest BCUT2D eigenvalue weighted by Crippen LogP contribution is 2.25. The molecule has 0 aliphatic carbocycles. The van der Waals surface area contributed by atoms with Crippen molar-refractivity contribution >= 4 is 16.9 Å². The average molecular weight is 311 g/mol. The third-order valence-electron chi connectivity index (χ3n) is 3.51. The highest BCUT2D eigenvalue weighted by molar-refractivity contribution is 5.84. The van der Waals surface area contributed by atoms with Crippen LogP contribution < -0.4 is 5.32 Å². The van der Waals surface area contributed by atoms with E-state index < -0.39 is 0 Å². The van der Waals surface area contributed by atoms with E-state index in [4.69, 9.17) is 0 Å². The number of nitrogens with zero attached hydrogens (tertiary/aromatic N) is 2. The van der Waals surface area contributed by atoms with Gasteiger partial charge in [0.25, 0.3) is 0 Å². The topological polar surface area (TPSA) is 46.9 Å². The van der Waals surface area contributed by atoms with Gasteiger partial charge < -0.3 is 9.88 Å². The fourth-order valence-corrected chi connectivity index (χ4v) is 2.57. The number of hydrogen-bond acceptors (Lipinski definition) is 2. The average Bonchev–Trinajstić information content (AvgIpc) is 2.86. The molecule has 118 valence electrons. The molecule has 1 heterocycles. The van der Waals surface area contributed by atoms with Gasteiger partial charge in [-0.1, -0.05) is 12.1 Å². The summed E-state index contributed by atoms with van der Waals surface area (Å²) in [7, 11) is 0. The standard InChI is InChI=1S/C18H18FN3O/c1-12(2)20-17(23)11-22-16-6-4-3-5-15(16)21-18(22)13-7-9-14(19)10-8-13/h3-10,12H,11H2,1-2H3,(H,20,23). The van der Waals surface area contributed by atoms with Gasteiger partial charge in [0.05, 0.1) is 11.0 Å². The van der Waals surface area contributed by atoms with Gasteiger partial charge in [-0.05, 0) is 50.2 Å². The molecule has 2 aromatic carbocycles. The Labute approximate surface area is 134 Å². The Balaban J connectivity index is 2.07. The largest absolute Gasteiger partial charge is 0.352 e. The number of carbonyl (C=O) groups excluding carboxylic acids is 1. The number of carbonyl (C=O) groups is 1. The Morgan fingerprint density at radius 3 is 2.57 bits per heavy atom. The maximum absolute atomic E-state index is 13.2. The molecule has 1 amide bonds. The monoisotopic (exact) mass is 311 g/mol. The number of amides is 1. The maximum Gasteiger partial charge on any atom is 0.240 e. The summed E-state index contributed by atoms with van der Waals surface area (Å²) in [5.74, 6) is 0.283. The number of fused-ring (bicyclic) bond motifs is 1. The van der Waals surface area contributed by atoms with E-state index in [1.165, 1.54) is 12.1 Å². The van der Waals surface area contributed by atoms with Gasteiger partial charge in [-0.15, -0.1) is 0 Å². The third-order valence-corrected chi connectivity index (χ3v) is 3.51. The lowest BCUT2D eigenvalue weighted by Gasteiger charge is -2.12. The molecule has 3 rings (SSSR count). The molecule has 1 aromatic heterocycles. The predicted molar refractivity (Wildman–Crippen MR) is 88.4 cm³/mol. The van der Waals surface area contributed by atoms with Crippen molar-refractivity contribution in [2.24, 2.45) is 0 Å². The van der Waals surface area contributed by atoms with Crippen LogP contribution in [-0.2, 0) is 11.3 Å². The summed E-state index contributed by atoms with van der Waals surface area (Å²) in [6.07, 6.45) is 0. The van der Waals surface area contributed by atoms with Crippen LogP contribution >= 0.6 is 0 Å². The summed E-state index contributed by atoms with van der Waals surface area (Å²) >= 11 is 0. The van der Waals surface area contributed by atoms with E-state index in [1.807, 2.05) is 42.7 Å². The zero-order valence-corrected chi connectivity index (χ0v) is 13.1. The van der Waals surface area contributed by atoms with E-state index in [0.29, 0.717) is 5.82 Å². The van der Waals surface area contributed by atoms with Crippen molar-refractivity contribution in [1.82, 2.24) is 14.9 Å². The molecule has 0 spiro atoms. The van der Waals surface area contributed by atoms with E-state index >= 15 is 0 Å². The molecule has 0 unspecified atom stereocenters. The maximum atomic E-state index is 13.2. The molecular weight excluding hydrogens is 293 g/mol. The van der Waals surface area contributed by atoms with Crippen molar-refractivity contribution in [1.29, 1.82) is 0 Å². The summed E-state index contributed by atoms with van der Waals surface area (Å²) in [6, 6.07) is 13.9. The number of benzene rings is 2. The van der Waals surface area contributed by atoms with Crippen LogP contribution in [0.5, 0.6) is 0 Å². The predicted octanol–water partition coefficient (Wildman–Crippen LogP) is 3.37. The van der Waals surface area contributed by atoms with Crippen molar-refractivity contribution in [2.45, 2.75) is 26.4 Å². The summed E-state index contributed by atoms with van der Waals surface area (Å²) in [4.78, 5) is 16.8. The lowest BCUT2D eigenvalue weighted by Crippen LogP contribution is -2.33. The zero-order valence-electron chi connectivity index (χ0n) is 13.1. The van der Waals surface area contributed by atoms with Crippen LogP contribution in [0.15, 0.2) is 48.5 Å². The molecule has 0 atom stereocenters. The van der Waals surface area contributed by atoms with E-state index in [2.05, 4.69) is 10.3 Å². The fourth-order valence-electron chi connectivity index (χ4n) is 2.57. The second-order valence-electron chi connectivity index (χ2n) is 5.74. The highest BCUT2D eigenvalue weighted by atomic mass is 19.1. The summed E-state index contributed by atoms with van der Waals surface area (Å²) in [5, 5.41) is 2.89. The molecule has 0 bridgehead atoms. The number of para-hydroxylation sites is 2. The quantitative estimate of drug-likeness (QED) is 0.803. The molecule has 3 aromatic rings. The Bertz CT molecular complexity index is 837. The van der Waals surface area contributed by atoms with Crippen LogP contribution in [0, 0.1) is 5.82 Å². The van der Waals surface area contributed by atoms with Gasteiger partial charge in [-0.25, -0.2) is 9.37 Å². The van der Waals surface area contributed by atoms with Gasteiger partial charge >= 0.3 is 0 Å². The number of aromatic nitrogens is 2. The van der Waals surface area contributed by atoms with Gasteiger partial charge in [0, 0.05) is 11.6 Å². The third kappa shape index (κ3) is 3.23. The van der Waals surface area contributed by atoms with Crippen LogP contribution in [0.3, 0.4) is 0 Å². The zero-order chi connectivity index (χ0) is 16.4. The van der Waals surface area contributed by atoms with E-state index in [-0.39, 0.29) is 24.3 Å². The number of nitrogens with one attached hydrogen (secondary N) is 1. The second-order valence-corrected chi connectivity index (χ2v) is 5.74. The summed E-state index contributed by atoms with van der Waals surface area (Å²) in [6.45, 7) is 4.01. The number of imidazole rings is 1. The summed E-state index contributed by atoms with van der Waals surface area (Å²) in [5.41, 5.74) is 2.47. The first-order valence-corrected chi connectivity index (χ1v) is 7.55. The molecular formula is C18H18FN3O. The molecule has 5 heteroatoms. The molecule has 0 radical (unpaired) electrons. The van der Waals surface area contributed by atoms with Crippen molar-refractivity contribution < 1.29 is 9.18 Å². The van der Waals surface area contributed by atoms with Crippen molar-refractivity contribution in [3.63, 3.8) is 0 Å². The van der Waals surface area contributed by atoms with Crippen molar-refractivity contribution in [3.05, 3.63) is 54.3 Å². The van der Waals surface area contributed by atoms with Crippen LogP contribution in [0.2, 0.25) is 0 Å². The van der Waals surface area contributed by atoms with Crippen LogP contribution in [0.4, 0.5) is 4.39 Å². The molecule has 0 saturated heterocycles. The first-order chi connectivity index (χ1) is 11.0. The van der Waals surface area contributed by atoms with E-state index in [1.54, 1.807) is 12.1 Å². The normalized spacial score (nSPS) is 11.1. The lowest BCUT2D eigenvalue weighted by atomic mass is 10.2. The van der Waals surface area contributed by atoms with Gasteiger partial charge in [-0.3, -0.25) is 4.79 Å². The Kier molecular flexibility index (Phi) is 4.10. The van der Waals surface area contributed by atoms with Crippen molar-refractivity contribution in [3.8, 4) is 11.4 Å². The molecule has 1 N–H and O–H groups in total. The number of rotatable bonds is 4. The second kappa shape index (κ2) is 6.20. The lowest BCUT2D eigenvalue weighted by molar-refractivity contribution is -0.122. The van der Waals surface area contributed by atoms with Gasteiger partial charge in [-0.2, -0.15) is 0 Å². The molecule has 0 aliphatic rings. The van der Waals surface area contributed by atoms with Crippen LogP contribution in [0.1, 0.15) is 13.8 Å². The number of halogens is 1. The summed E-state index contributed by atoms with van der Waals surface area (Å²) < 4.78 is 15.0. The first-order valence-electron chi connectivity index (χ1n) is 7.55. The molecule has 0 fully saturated rings.